The molecule has 0 spiro atoms. The molecule has 0 aromatic carbocycles. The van der Waals surface area contributed by atoms with Crippen molar-refractivity contribution in [2.45, 2.75) is 32.4 Å². The number of piperidine rings is 1. The van der Waals surface area contributed by atoms with Crippen molar-refractivity contribution in [3.63, 3.8) is 0 Å². The molecule has 0 saturated carbocycles. The summed E-state index contributed by atoms with van der Waals surface area (Å²) in [7, 11) is 0. The molecule has 0 radical (unpaired) electrons. The minimum atomic E-state index is -0.170. The van der Waals surface area contributed by atoms with Crippen LogP contribution in [-0.4, -0.2) is 38.2 Å². The zero-order valence-corrected chi connectivity index (χ0v) is 15.5. The van der Waals surface area contributed by atoms with E-state index in [0.29, 0.717) is 18.3 Å². The molecule has 1 saturated heterocycles. The average molecular weight is 375 g/mol. The lowest BCUT2D eigenvalue weighted by atomic mass is 10.1. The first-order valence-corrected chi connectivity index (χ1v) is 8.68. The highest BCUT2D eigenvalue weighted by Crippen LogP contribution is 2.16. The molecule has 0 aliphatic carbocycles. The number of fused-ring (bicyclic) bond motifs is 1. The van der Waals surface area contributed by atoms with Crippen LogP contribution in [0, 0.1) is 6.92 Å². The number of hydrogen-bond donors (Lipinski definition) is 2. The standard InChI is InChI=1S/C18H22N6O.ClH/c1-13-4-3-8-23-12-14(21-17(13)23)10-20-18(25)16-6-9-24(22-16)15-5-2-7-19-11-15;/h3-4,6,8-9,12,15,19H,2,5,7,10-11H2,1H3,(H,20,25);1H. The molecule has 1 atom stereocenters. The lowest BCUT2D eigenvalue weighted by Crippen LogP contribution is -2.32. The van der Waals surface area contributed by atoms with E-state index < -0.39 is 0 Å². The van der Waals surface area contributed by atoms with Crippen molar-refractivity contribution >= 4 is 24.0 Å². The Morgan fingerprint density at radius 3 is 3.04 bits per heavy atom. The molecule has 4 heterocycles. The molecule has 3 aromatic rings. The van der Waals surface area contributed by atoms with E-state index in [-0.39, 0.29) is 18.3 Å². The number of carbonyl (C=O) groups is 1. The molecular formula is C18H23ClN6O. The van der Waals surface area contributed by atoms with Gasteiger partial charge in [-0.2, -0.15) is 5.10 Å². The Kier molecular flexibility index (Phi) is 5.58. The van der Waals surface area contributed by atoms with Gasteiger partial charge in [-0.3, -0.25) is 9.48 Å². The van der Waals surface area contributed by atoms with Crippen LogP contribution in [0.25, 0.3) is 5.65 Å². The van der Waals surface area contributed by atoms with E-state index in [1.165, 1.54) is 0 Å². The maximum Gasteiger partial charge on any atom is 0.272 e. The van der Waals surface area contributed by atoms with Crippen LogP contribution in [0.4, 0.5) is 0 Å². The summed E-state index contributed by atoms with van der Waals surface area (Å²) < 4.78 is 3.87. The Morgan fingerprint density at radius 2 is 2.27 bits per heavy atom. The number of hydrogen-bond acceptors (Lipinski definition) is 4. The molecule has 1 unspecified atom stereocenters. The molecular weight excluding hydrogens is 352 g/mol. The molecule has 0 bridgehead atoms. The van der Waals surface area contributed by atoms with Crippen molar-refractivity contribution in [1.82, 2.24) is 29.8 Å². The van der Waals surface area contributed by atoms with Crippen molar-refractivity contribution in [1.29, 1.82) is 0 Å². The van der Waals surface area contributed by atoms with Gasteiger partial charge in [0, 0.05) is 25.1 Å². The molecule has 1 fully saturated rings. The summed E-state index contributed by atoms with van der Waals surface area (Å²) in [4.78, 5) is 16.9. The number of pyridine rings is 1. The van der Waals surface area contributed by atoms with Gasteiger partial charge in [-0.1, -0.05) is 6.07 Å². The Morgan fingerprint density at radius 1 is 1.38 bits per heavy atom. The van der Waals surface area contributed by atoms with Gasteiger partial charge in [0.15, 0.2) is 0 Å². The number of aromatic nitrogens is 4. The normalized spacial score (nSPS) is 17.0. The molecule has 1 aliphatic heterocycles. The number of nitrogens with zero attached hydrogens (tertiary/aromatic N) is 4. The molecule has 4 rings (SSSR count). The van der Waals surface area contributed by atoms with E-state index in [4.69, 9.17) is 0 Å². The summed E-state index contributed by atoms with van der Waals surface area (Å²) >= 11 is 0. The van der Waals surface area contributed by atoms with Crippen molar-refractivity contribution in [2.24, 2.45) is 0 Å². The second kappa shape index (κ2) is 7.88. The zero-order chi connectivity index (χ0) is 17.2. The number of aryl methyl sites for hydroxylation is 1. The fraction of sp³-hybridized carbons (Fsp3) is 0.389. The summed E-state index contributed by atoms with van der Waals surface area (Å²) in [5.74, 6) is -0.170. The Hall–Kier alpha value is -2.38. The van der Waals surface area contributed by atoms with Crippen LogP contribution in [0.5, 0.6) is 0 Å². The number of carbonyl (C=O) groups excluding carboxylic acids is 1. The van der Waals surface area contributed by atoms with Gasteiger partial charge in [-0.05, 0) is 44.0 Å². The lowest BCUT2D eigenvalue weighted by Gasteiger charge is -2.22. The molecule has 1 amide bonds. The first-order chi connectivity index (χ1) is 12.2. The van der Waals surface area contributed by atoms with Gasteiger partial charge in [0.25, 0.3) is 5.91 Å². The van der Waals surface area contributed by atoms with E-state index in [0.717, 1.165) is 42.8 Å². The quantitative estimate of drug-likeness (QED) is 0.733. The van der Waals surface area contributed by atoms with Gasteiger partial charge in [0.2, 0.25) is 0 Å². The molecule has 2 N–H and O–H groups in total. The number of amides is 1. The van der Waals surface area contributed by atoms with E-state index in [1.54, 1.807) is 6.07 Å². The maximum absolute atomic E-state index is 12.4. The van der Waals surface area contributed by atoms with E-state index in [1.807, 2.05) is 46.7 Å². The molecule has 7 nitrogen and oxygen atoms in total. The minimum absolute atomic E-state index is 0. The highest BCUT2D eigenvalue weighted by Gasteiger charge is 2.17. The Bertz CT molecular complexity index is 896. The maximum atomic E-state index is 12.4. The average Bonchev–Trinajstić information content (AvgIpc) is 3.28. The molecule has 3 aromatic heterocycles. The smallest absolute Gasteiger partial charge is 0.272 e. The summed E-state index contributed by atoms with van der Waals surface area (Å²) in [6.45, 7) is 4.38. The fourth-order valence-electron chi connectivity index (χ4n) is 3.27. The largest absolute Gasteiger partial charge is 0.345 e. The third kappa shape index (κ3) is 3.73. The Labute approximate surface area is 158 Å². The lowest BCUT2D eigenvalue weighted by molar-refractivity contribution is 0.0944. The van der Waals surface area contributed by atoms with Gasteiger partial charge in [-0.15, -0.1) is 12.4 Å². The molecule has 138 valence electrons. The predicted octanol–water partition coefficient (Wildman–Crippen LogP) is 2.12. The van der Waals surface area contributed by atoms with Gasteiger partial charge in [0.1, 0.15) is 11.3 Å². The minimum Gasteiger partial charge on any atom is -0.345 e. The molecule has 26 heavy (non-hydrogen) atoms. The summed E-state index contributed by atoms with van der Waals surface area (Å²) in [6.07, 6.45) is 8.02. The van der Waals surface area contributed by atoms with Gasteiger partial charge in [-0.25, -0.2) is 4.98 Å². The van der Waals surface area contributed by atoms with Gasteiger partial charge < -0.3 is 15.0 Å². The van der Waals surface area contributed by atoms with E-state index in [2.05, 4.69) is 20.7 Å². The third-order valence-electron chi connectivity index (χ3n) is 4.64. The number of halogens is 1. The van der Waals surface area contributed by atoms with Crippen molar-refractivity contribution in [3.8, 4) is 0 Å². The van der Waals surface area contributed by atoms with Crippen molar-refractivity contribution < 1.29 is 4.79 Å². The van der Waals surface area contributed by atoms with Gasteiger partial charge >= 0.3 is 0 Å². The fourth-order valence-corrected chi connectivity index (χ4v) is 3.27. The summed E-state index contributed by atoms with van der Waals surface area (Å²) in [6, 6.07) is 6.12. The van der Waals surface area contributed by atoms with Crippen LogP contribution in [-0.2, 0) is 6.54 Å². The van der Waals surface area contributed by atoms with Crippen LogP contribution in [0.2, 0.25) is 0 Å². The monoisotopic (exact) mass is 374 g/mol. The van der Waals surface area contributed by atoms with E-state index in [9.17, 15) is 4.79 Å². The number of nitrogens with one attached hydrogen (secondary N) is 2. The first kappa shape index (κ1) is 18.4. The van der Waals surface area contributed by atoms with E-state index >= 15 is 0 Å². The zero-order valence-electron chi connectivity index (χ0n) is 14.7. The summed E-state index contributed by atoms with van der Waals surface area (Å²) in [5.41, 5.74) is 3.31. The second-order valence-corrected chi connectivity index (χ2v) is 6.52. The molecule has 8 heteroatoms. The highest BCUT2D eigenvalue weighted by molar-refractivity contribution is 5.92. The number of rotatable bonds is 4. The third-order valence-corrected chi connectivity index (χ3v) is 4.64. The van der Waals surface area contributed by atoms with Crippen LogP contribution < -0.4 is 10.6 Å². The van der Waals surface area contributed by atoms with Crippen LogP contribution in [0.15, 0.2) is 36.8 Å². The second-order valence-electron chi connectivity index (χ2n) is 6.52. The first-order valence-electron chi connectivity index (χ1n) is 8.68. The Balaban J connectivity index is 0.00000196. The van der Waals surface area contributed by atoms with Crippen LogP contribution in [0.1, 0.15) is 40.6 Å². The van der Waals surface area contributed by atoms with Crippen LogP contribution in [0.3, 0.4) is 0 Å². The highest BCUT2D eigenvalue weighted by atomic mass is 35.5. The van der Waals surface area contributed by atoms with Crippen LogP contribution >= 0.6 is 12.4 Å². The predicted molar refractivity (Wildman–Crippen MR) is 102 cm³/mol. The van der Waals surface area contributed by atoms with Crippen molar-refractivity contribution in [3.05, 3.63) is 53.7 Å². The topological polar surface area (TPSA) is 76.2 Å². The number of imidazole rings is 1. The SMILES string of the molecule is Cc1cccn2cc(CNC(=O)c3ccn(C4CCCNC4)n3)nc12.Cl. The molecule has 1 aliphatic rings. The van der Waals surface area contributed by atoms with Crippen molar-refractivity contribution in [2.75, 3.05) is 13.1 Å². The van der Waals surface area contributed by atoms with Gasteiger partial charge in [0.05, 0.1) is 18.3 Å². The summed E-state index contributed by atoms with van der Waals surface area (Å²) in [5, 5.41) is 10.7.